The molecular weight excluding hydrogens is 485 g/mol. The summed E-state index contributed by atoms with van der Waals surface area (Å²) in [5.41, 5.74) is 2.28. The molecule has 0 aliphatic heterocycles. The van der Waals surface area contributed by atoms with Crippen LogP contribution in [0.2, 0.25) is 0 Å². The van der Waals surface area contributed by atoms with Crippen LogP contribution in [0.4, 0.5) is 22.7 Å². The zero-order valence-corrected chi connectivity index (χ0v) is 22.3. The van der Waals surface area contributed by atoms with E-state index in [0.717, 1.165) is 31.5 Å². The van der Waals surface area contributed by atoms with E-state index >= 15 is 0 Å². The van der Waals surface area contributed by atoms with Gasteiger partial charge in [0, 0.05) is 31.4 Å². The highest BCUT2D eigenvalue weighted by Crippen LogP contribution is 2.38. The van der Waals surface area contributed by atoms with Crippen molar-refractivity contribution < 1.29 is 27.9 Å². The molecule has 2 aromatic carbocycles. The molecule has 0 heterocycles. The Morgan fingerprint density at radius 2 is 1.42 bits per heavy atom. The first-order chi connectivity index (χ1) is 17.0. The molecule has 0 saturated carbocycles. The summed E-state index contributed by atoms with van der Waals surface area (Å²) < 4.78 is 22.2. The zero-order chi connectivity index (χ0) is 26.6. The van der Waals surface area contributed by atoms with Gasteiger partial charge in [-0.05, 0) is 49.2 Å². The fourth-order valence-electron chi connectivity index (χ4n) is 3.10. The summed E-state index contributed by atoms with van der Waals surface area (Å²) in [6.45, 7) is 1.69. The van der Waals surface area contributed by atoms with Crippen molar-refractivity contribution in [2.75, 3.05) is 59.4 Å². The normalized spacial score (nSPS) is 13.6. The number of phosphoric acid groups is 1. The number of phosphoric ester groups is 1. The molecule has 1 unspecified atom stereocenters. The number of non-ortho nitro benzene ring substituents is 1. The van der Waals surface area contributed by atoms with Crippen LogP contribution < -0.4 is 9.79 Å². The van der Waals surface area contributed by atoms with Gasteiger partial charge >= 0.3 is 0 Å². The van der Waals surface area contributed by atoms with Gasteiger partial charge in [-0.2, -0.15) is 10.2 Å². The van der Waals surface area contributed by atoms with Crippen LogP contribution in [0.5, 0.6) is 0 Å². The van der Waals surface area contributed by atoms with Crippen molar-refractivity contribution >= 4 is 30.6 Å². The third kappa shape index (κ3) is 11.8. The molecule has 198 valence electrons. The number of benzene rings is 2. The topological polar surface area (TPSA) is 130 Å². The third-order valence-electron chi connectivity index (χ3n) is 5.28. The molecule has 0 spiro atoms. The fourth-order valence-corrected chi connectivity index (χ4v) is 3.84. The molecule has 11 nitrogen and oxygen atoms in total. The summed E-state index contributed by atoms with van der Waals surface area (Å²) in [5, 5.41) is 19.0. The molecule has 0 N–H and O–H groups in total. The quantitative estimate of drug-likeness (QED) is 0.0740. The molecule has 0 aliphatic carbocycles. The van der Waals surface area contributed by atoms with Gasteiger partial charge in [-0.1, -0.05) is 12.8 Å². The predicted molar refractivity (Wildman–Crippen MR) is 138 cm³/mol. The fraction of sp³-hybridized carbons (Fsp3) is 0.500. The highest BCUT2D eigenvalue weighted by molar-refractivity contribution is 7.45. The van der Waals surface area contributed by atoms with E-state index in [1.807, 2.05) is 52.5 Å². The number of hydrogen-bond donors (Lipinski definition) is 0. The maximum absolute atomic E-state index is 11.8. The van der Waals surface area contributed by atoms with Crippen molar-refractivity contribution in [3.8, 4) is 0 Å². The second-order valence-corrected chi connectivity index (χ2v) is 10.9. The molecule has 0 aliphatic rings. The minimum Gasteiger partial charge on any atom is -0.756 e. The smallest absolute Gasteiger partial charge is 0.269 e. The van der Waals surface area contributed by atoms with Gasteiger partial charge in [-0.25, -0.2) is 0 Å². The number of unbranched alkanes of at least 4 members (excludes halogenated alkanes) is 3. The van der Waals surface area contributed by atoms with Gasteiger partial charge < -0.3 is 23.3 Å². The molecule has 0 saturated heterocycles. The molecule has 0 aromatic heterocycles. The van der Waals surface area contributed by atoms with Crippen molar-refractivity contribution in [2.24, 2.45) is 10.2 Å². The number of hydrogen-bond acceptors (Lipinski definition) is 9. The number of nitro benzene ring substituents is 1. The first kappa shape index (κ1) is 29.5. The number of likely N-dealkylation sites (N-methyl/N-ethyl adjacent to an activating group) is 1. The van der Waals surface area contributed by atoms with Crippen molar-refractivity contribution in [3.05, 3.63) is 58.6 Å². The lowest BCUT2D eigenvalue weighted by Crippen LogP contribution is -2.37. The number of nitrogens with zero attached hydrogens (tertiary/aromatic N) is 5. The molecular formula is C24H36N5O6P. The summed E-state index contributed by atoms with van der Waals surface area (Å²) in [6.07, 6.45) is 3.45. The second-order valence-electron chi connectivity index (χ2n) is 9.45. The van der Waals surface area contributed by atoms with Gasteiger partial charge in [0.05, 0.1) is 44.0 Å². The highest BCUT2D eigenvalue weighted by atomic mass is 31.2. The van der Waals surface area contributed by atoms with Crippen LogP contribution in [0.3, 0.4) is 0 Å². The lowest BCUT2D eigenvalue weighted by atomic mass is 10.2. The molecule has 2 aromatic rings. The number of nitro groups is 1. The van der Waals surface area contributed by atoms with Crippen molar-refractivity contribution in [1.82, 2.24) is 0 Å². The van der Waals surface area contributed by atoms with E-state index in [1.54, 1.807) is 12.1 Å². The lowest BCUT2D eigenvalue weighted by Gasteiger charge is -2.27. The Morgan fingerprint density at radius 3 is 1.97 bits per heavy atom. The summed E-state index contributed by atoms with van der Waals surface area (Å²) in [5.74, 6) is 0. The van der Waals surface area contributed by atoms with E-state index in [4.69, 9.17) is 9.05 Å². The second kappa shape index (κ2) is 14.2. The first-order valence-corrected chi connectivity index (χ1v) is 13.3. The van der Waals surface area contributed by atoms with Gasteiger partial charge in [0.15, 0.2) is 0 Å². The van der Waals surface area contributed by atoms with Crippen molar-refractivity contribution in [2.45, 2.75) is 25.7 Å². The molecule has 2 rings (SSSR count). The number of azo groups is 1. The monoisotopic (exact) mass is 521 g/mol. The largest absolute Gasteiger partial charge is 0.756 e. The van der Waals surface area contributed by atoms with Crippen LogP contribution >= 0.6 is 7.82 Å². The SMILES string of the molecule is CN(CCCCCCOP(=O)([O-])OCC[N+](C)(C)C)c1ccc(N=Nc2ccc([N+](=O)[O-])cc2)cc1. The van der Waals surface area contributed by atoms with E-state index in [9.17, 15) is 19.6 Å². The summed E-state index contributed by atoms with van der Waals surface area (Å²) in [4.78, 5) is 24.1. The lowest BCUT2D eigenvalue weighted by molar-refractivity contribution is -0.870. The van der Waals surface area contributed by atoms with Crippen molar-refractivity contribution in [3.63, 3.8) is 0 Å². The molecule has 36 heavy (non-hydrogen) atoms. The summed E-state index contributed by atoms with van der Waals surface area (Å²) in [6, 6.07) is 13.5. The Morgan fingerprint density at radius 1 is 0.889 bits per heavy atom. The molecule has 1 atom stereocenters. The minimum absolute atomic E-state index is 0.0131. The first-order valence-electron chi connectivity index (χ1n) is 11.8. The van der Waals surface area contributed by atoms with Crippen LogP contribution in [0, 0.1) is 10.1 Å². The van der Waals surface area contributed by atoms with Gasteiger partial charge in [-0.3, -0.25) is 14.7 Å². The maximum Gasteiger partial charge on any atom is 0.269 e. The predicted octanol–water partition coefficient (Wildman–Crippen LogP) is 5.21. The number of anilines is 1. The van der Waals surface area contributed by atoms with E-state index in [2.05, 4.69) is 15.1 Å². The standard InChI is InChI=1S/C24H36N5O6P/c1-27(17-7-5-6-8-19-34-36(32,33)35-20-18-29(2,3)4)23-13-9-21(10-14-23)25-26-22-11-15-24(16-12-22)28(30)31/h9-16H,5-8,17-20H2,1-4H3. The Balaban J connectivity index is 1.63. The van der Waals surface area contributed by atoms with Crippen LogP contribution in [0.25, 0.3) is 0 Å². The molecule has 0 amide bonds. The average Bonchev–Trinajstić information content (AvgIpc) is 2.81. The molecule has 0 bridgehead atoms. The average molecular weight is 522 g/mol. The number of quaternary nitrogens is 1. The van der Waals surface area contributed by atoms with E-state index in [-0.39, 0.29) is 18.9 Å². The Kier molecular flexibility index (Phi) is 11.6. The van der Waals surface area contributed by atoms with E-state index in [1.165, 1.54) is 12.1 Å². The van der Waals surface area contributed by atoms with Crippen LogP contribution in [-0.2, 0) is 13.6 Å². The van der Waals surface area contributed by atoms with Gasteiger partial charge in [0.2, 0.25) is 0 Å². The molecule has 0 radical (unpaired) electrons. The highest BCUT2D eigenvalue weighted by Gasteiger charge is 2.13. The van der Waals surface area contributed by atoms with Crippen molar-refractivity contribution in [1.29, 1.82) is 0 Å². The van der Waals surface area contributed by atoms with Gasteiger partial charge in [0.1, 0.15) is 13.2 Å². The van der Waals surface area contributed by atoms with E-state index in [0.29, 0.717) is 28.8 Å². The summed E-state index contributed by atoms with van der Waals surface area (Å²) in [7, 11) is 3.67. The summed E-state index contributed by atoms with van der Waals surface area (Å²) >= 11 is 0. The zero-order valence-electron chi connectivity index (χ0n) is 21.4. The van der Waals surface area contributed by atoms with Gasteiger partial charge in [0.25, 0.3) is 13.5 Å². The van der Waals surface area contributed by atoms with Crippen LogP contribution in [0.15, 0.2) is 58.8 Å². The van der Waals surface area contributed by atoms with Gasteiger partial charge in [-0.15, -0.1) is 0 Å². The number of rotatable bonds is 16. The molecule has 0 fully saturated rings. The van der Waals surface area contributed by atoms with E-state index < -0.39 is 12.7 Å². The Bertz CT molecular complexity index is 1020. The third-order valence-corrected chi connectivity index (χ3v) is 6.28. The van der Waals surface area contributed by atoms with Crippen LogP contribution in [0.1, 0.15) is 25.7 Å². The molecule has 12 heteroatoms. The maximum atomic E-state index is 11.8. The Labute approximate surface area is 212 Å². The Hall–Kier alpha value is -2.69. The minimum atomic E-state index is -4.23. The van der Waals surface area contributed by atoms with Crippen LogP contribution in [-0.4, -0.2) is 63.9 Å².